The zero-order chi connectivity index (χ0) is 11.4. The van der Waals surface area contributed by atoms with E-state index >= 15 is 0 Å². The van der Waals surface area contributed by atoms with Crippen molar-refractivity contribution in [1.29, 1.82) is 0 Å². The lowest BCUT2D eigenvalue weighted by atomic mass is 10.1. The first-order chi connectivity index (χ1) is 7.77. The summed E-state index contributed by atoms with van der Waals surface area (Å²) in [5.74, 6) is 0. The molecule has 0 radical (unpaired) electrons. The van der Waals surface area contributed by atoms with Crippen molar-refractivity contribution < 1.29 is 0 Å². The van der Waals surface area contributed by atoms with Crippen molar-refractivity contribution in [2.45, 2.75) is 44.2 Å². The lowest BCUT2D eigenvalue weighted by Gasteiger charge is -2.31. The van der Waals surface area contributed by atoms with Crippen molar-refractivity contribution in [3.05, 3.63) is 0 Å². The molecule has 0 aromatic rings. The molecule has 3 heteroatoms. The van der Waals surface area contributed by atoms with Gasteiger partial charge in [-0.15, -0.1) is 0 Å². The number of nitrogens with one attached hydrogen (secondary N) is 1. The van der Waals surface area contributed by atoms with E-state index in [1.807, 2.05) is 0 Å². The monoisotopic (exact) mass is 225 g/mol. The van der Waals surface area contributed by atoms with Crippen LogP contribution in [0.5, 0.6) is 0 Å². The number of hydrogen-bond donors (Lipinski definition) is 1. The molecule has 2 heterocycles. The van der Waals surface area contributed by atoms with Crippen molar-refractivity contribution in [3.8, 4) is 0 Å². The van der Waals surface area contributed by atoms with Gasteiger partial charge >= 0.3 is 0 Å². The zero-order valence-electron chi connectivity index (χ0n) is 10.9. The summed E-state index contributed by atoms with van der Waals surface area (Å²) in [5, 5.41) is 3.56. The second-order valence-electron chi connectivity index (χ2n) is 5.57. The molecule has 94 valence electrons. The first kappa shape index (κ1) is 12.3. The predicted octanol–water partition coefficient (Wildman–Crippen LogP) is 1.15. The van der Waals surface area contributed by atoms with Gasteiger partial charge in [-0.1, -0.05) is 6.42 Å². The van der Waals surface area contributed by atoms with E-state index in [0.29, 0.717) is 0 Å². The van der Waals surface area contributed by atoms with Gasteiger partial charge in [-0.05, 0) is 52.9 Å². The SMILES string of the molecule is CN1CCCC1CN(C)C1CCCCNC1. The van der Waals surface area contributed by atoms with E-state index in [9.17, 15) is 0 Å². The van der Waals surface area contributed by atoms with E-state index in [0.717, 1.165) is 12.1 Å². The fourth-order valence-corrected chi connectivity index (χ4v) is 3.07. The Morgan fingerprint density at radius 2 is 2.12 bits per heavy atom. The second kappa shape index (κ2) is 5.99. The van der Waals surface area contributed by atoms with Crippen LogP contribution < -0.4 is 5.32 Å². The smallest absolute Gasteiger partial charge is 0.0220 e. The third-order valence-electron chi connectivity index (χ3n) is 4.31. The molecule has 0 amide bonds. The van der Waals surface area contributed by atoms with E-state index in [1.54, 1.807) is 0 Å². The highest BCUT2D eigenvalue weighted by Crippen LogP contribution is 2.18. The van der Waals surface area contributed by atoms with Gasteiger partial charge in [0.05, 0.1) is 0 Å². The summed E-state index contributed by atoms with van der Waals surface area (Å²) >= 11 is 0. The molecule has 3 nitrogen and oxygen atoms in total. The molecule has 2 aliphatic heterocycles. The van der Waals surface area contributed by atoms with Crippen LogP contribution in [0.3, 0.4) is 0 Å². The minimum atomic E-state index is 0.761. The molecule has 0 aromatic carbocycles. The fourth-order valence-electron chi connectivity index (χ4n) is 3.07. The average molecular weight is 225 g/mol. The molecule has 0 bridgehead atoms. The highest BCUT2D eigenvalue weighted by Gasteiger charge is 2.25. The van der Waals surface area contributed by atoms with Crippen LogP contribution in [0.25, 0.3) is 0 Å². The summed E-state index contributed by atoms with van der Waals surface area (Å²) in [6.45, 7) is 4.95. The van der Waals surface area contributed by atoms with E-state index in [2.05, 4.69) is 29.2 Å². The summed E-state index contributed by atoms with van der Waals surface area (Å²) in [7, 11) is 4.58. The minimum Gasteiger partial charge on any atom is -0.315 e. The number of likely N-dealkylation sites (tertiary alicyclic amines) is 1. The van der Waals surface area contributed by atoms with Crippen molar-refractivity contribution in [3.63, 3.8) is 0 Å². The van der Waals surface area contributed by atoms with Crippen LogP contribution in [0.1, 0.15) is 32.1 Å². The second-order valence-corrected chi connectivity index (χ2v) is 5.57. The first-order valence-electron chi connectivity index (χ1n) is 6.88. The van der Waals surface area contributed by atoms with Gasteiger partial charge in [-0.3, -0.25) is 0 Å². The maximum absolute atomic E-state index is 3.56. The number of likely N-dealkylation sites (N-methyl/N-ethyl adjacent to an activating group) is 2. The molecule has 2 fully saturated rings. The van der Waals surface area contributed by atoms with Crippen molar-refractivity contribution in [2.75, 3.05) is 40.3 Å². The summed E-state index contributed by atoms with van der Waals surface area (Å²) in [6, 6.07) is 1.56. The molecule has 0 saturated carbocycles. The Bertz CT molecular complexity index is 199. The Labute approximate surface area is 100 Å². The molecule has 0 aliphatic carbocycles. The van der Waals surface area contributed by atoms with Gasteiger partial charge in [0.1, 0.15) is 0 Å². The lowest BCUT2D eigenvalue weighted by molar-refractivity contribution is 0.170. The lowest BCUT2D eigenvalue weighted by Crippen LogP contribution is -2.45. The largest absolute Gasteiger partial charge is 0.315 e. The van der Waals surface area contributed by atoms with Gasteiger partial charge in [0.2, 0.25) is 0 Å². The molecule has 2 aliphatic rings. The third-order valence-corrected chi connectivity index (χ3v) is 4.31. The maximum Gasteiger partial charge on any atom is 0.0220 e. The van der Waals surface area contributed by atoms with Crippen molar-refractivity contribution >= 4 is 0 Å². The maximum atomic E-state index is 3.56. The summed E-state index contributed by atoms with van der Waals surface area (Å²) in [5.41, 5.74) is 0. The van der Waals surface area contributed by atoms with Crippen LogP contribution >= 0.6 is 0 Å². The number of nitrogens with zero attached hydrogens (tertiary/aromatic N) is 2. The normalized spacial score (nSPS) is 33.2. The minimum absolute atomic E-state index is 0.761. The van der Waals surface area contributed by atoms with Crippen LogP contribution in [-0.4, -0.2) is 62.2 Å². The Morgan fingerprint density at radius 1 is 1.25 bits per heavy atom. The van der Waals surface area contributed by atoms with Gasteiger partial charge in [-0.2, -0.15) is 0 Å². The van der Waals surface area contributed by atoms with Crippen LogP contribution in [0, 0.1) is 0 Å². The van der Waals surface area contributed by atoms with Crippen LogP contribution in [0.2, 0.25) is 0 Å². The van der Waals surface area contributed by atoms with Crippen molar-refractivity contribution in [1.82, 2.24) is 15.1 Å². The molecule has 2 rings (SSSR count). The molecule has 1 N–H and O–H groups in total. The quantitative estimate of drug-likeness (QED) is 0.777. The summed E-state index contributed by atoms with van der Waals surface area (Å²) < 4.78 is 0. The molecule has 16 heavy (non-hydrogen) atoms. The van der Waals surface area contributed by atoms with Gasteiger partial charge in [0.25, 0.3) is 0 Å². The van der Waals surface area contributed by atoms with Gasteiger partial charge in [0.15, 0.2) is 0 Å². The Morgan fingerprint density at radius 3 is 2.88 bits per heavy atom. The fraction of sp³-hybridized carbons (Fsp3) is 1.00. The standard InChI is InChI=1S/C13H27N3/c1-15-9-5-7-13(15)11-16(2)12-6-3-4-8-14-10-12/h12-14H,3-11H2,1-2H3. The Kier molecular flexibility index (Phi) is 4.62. The molecule has 0 aromatic heterocycles. The Hall–Kier alpha value is -0.120. The van der Waals surface area contributed by atoms with Gasteiger partial charge in [-0.25, -0.2) is 0 Å². The van der Waals surface area contributed by atoms with E-state index in [-0.39, 0.29) is 0 Å². The molecule has 0 spiro atoms. The van der Waals surface area contributed by atoms with E-state index in [1.165, 1.54) is 58.3 Å². The predicted molar refractivity (Wildman–Crippen MR) is 68.8 cm³/mol. The summed E-state index contributed by atoms with van der Waals surface area (Å²) in [4.78, 5) is 5.12. The zero-order valence-corrected chi connectivity index (χ0v) is 10.9. The summed E-state index contributed by atoms with van der Waals surface area (Å²) in [6.07, 6.45) is 6.90. The molecule has 2 unspecified atom stereocenters. The van der Waals surface area contributed by atoms with E-state index in [4.69, 9.17) is 0 Å². The number of rotatable bonds is 3. The average Bonchev–Trinajstić information content (AvgIpc) is 2.57. The molecule has 2 saturated heterocycles. The van der Waals surface area contributed by atoms with Crippen LogP contribution in [-0.2, 0) is 0 Å². The molecular weight excluding hydrogens is 198 g/mol. The highest BCUT2D eigenvalue weighted by molar-refractivity contribution is 4.82. The molecular formula is C13H27N3. The van der Waals surface area contributed by atoms with Crippen LogP contribution in [0.4, 0.5) is 0 Å². The third kappa shape index (κ3) is 3.19. The highest BCUT2D eigenvalue weighted by atomic mass is 15.2. The van der Waals surface area contributed by atoms with Crippen LogP contribution in [0.15, 0.2) is 0 Å². The van der Waals surface area contributed by atoms with Gasteiger partial charge < -0.3 is 15.1 Å². The first-order valence-corrected chi connectivity index (χ1v) is 6.88. The molecule has 2 atom stereocenters. The number of hydrogen-bond acceptors (Lipinski definition) is 3. The Balaban J connectivity index is 1.79. The topological polar surface area (TPSA) is 18.5 Å². The van der Waals surface area contributed by atoms with E-state index < -0.39 is 0 Å². The van der Waals surface area contributed by atoms with Gasteiger partial charge in [0, 0.05) is 25.2 Å². The van der Waals surface area contributed by atoms with Crippen molar-refractivity contribution in [2.24, 2.45) is 0 Å².